The van der Waals surface area contributed by atoms with Crippen LogP contribution >= 0.6 is 0 Å². The van der Waals surface area contributed by atoms with E-state index in [0.29, 0.717) is 18.5 Å². The molecule has 3 amide bonds. The van der Waals surface area contributed by atoms with Crippen molar-refractivity contribution in [2.75, 3.05) is 37.7 Å². The fourth-order valence-corrected chi connectivity index (χ4v) is 4.09. The van der Waals surface area contributed by atoms with Crippen LogP contribution in [0.25, 0.3) is 0 Å². The molecule has 3 heterocycles. The maximum Gasteiger partial charge on any atom is 0.326 e. The van der Waals surface area contributed by atoms with Crippen LogP contribution < -0.4 is 10.2 Å². The first-order valence-electron chi connectivity index (χ1n) is 10.2. The highest BCUT2D eigenvalue weighted by molar-refractivity contribution is 6.07. The second-order valence-electron chi connectivity index (χ2n) is 8.77. The molecule has 3 fully saturated rings. The number of hydrogen-bond donors (Lipinski definition) is 1. The van der Waals surface area contributed by atoms with Gasteiger partial charge in [0, 0.05) is 43.9 Å². The summed E-state index contributed by atoms with van der Waals surface area (Å²) in [6, 6.07) is 1.77. The maximum atomic E-state index is 12.8. The van der Waals surface area contributed by atoms with E-state index in [2.05, 4.69) is 33.9 Å². The Morgan fingerprint density at radius 2 is 1.86 bits per heavy atom. The molecule has 0 spiro atoms. The van der Waals surface area contributed by atoms with Gasteiger partial charge in [0.15, 0.2) is 0 Å². The number of nitrogens with one attached hydrogen (secondary N) is 1. The molecule has 1 N–H and O–H groups in total. The van der Waals surface area contributed by atoms with Gasteiger partial charge in [-0.2, -0.15) is 0 Å². The molecule has 8 nitrogen and oxygen atoms in total. The SMILES string of the molecule is Cc1cc(N2CCN(CN3C(=O)N[C@@](C)(C4CC4)C3=O)CC2)nc(C(C)C)n1. The smallest absolute Gasteiger partial charge is 0.326 e. The Morgan fingerprint density at radius 1 is 1.18 bits per heavy atom. The summed E-state index contributed by atoms with van der Waals surface area (Å²) in [4.78, 5) is 40.2. The number of amides is 3. The summed E-state index contributed by atoms with van der Waals surface area (Å²) in [5.41, 5.74) is 0.278. The lowest BCUT2D eigenvalue weighted by atomic mass is 9.96. The summed E-state index contributed by atoms with van der Waals surface area (Å²) in [7, 11) is 0. The van der Waals surface area contributed by atoms with E-state index in [-0.39, 0.29) is 11.9 Å². The molecule has 1 aromatic rings. The van der Waals surface area contributed by atoms with E-state index in [0.717, 1.165) is 56.4 Å². The highest BCUT2D eigenvalue weighted by atomic mass is 16.2. The van der Waals surface area contributed by atoms with Crippen LogP contribution in [0.1, 0.15) is 51.0 Å². The van der Waals surface area contributed by atoms with Crippen LogP contribution in [0.2, 0.25) is 0 Å². The summed E-state index contributed by atoms with van der Waals surface area (Å²) in [6.07, 6.45) is 2.04. The molecule has 0 aromatic carbocycles. The largest absolute Gasteiger partial charge is 0.354 e. The number of imide groups is 1. The van der Waals surface area contributed by atoms with Crippen LogP contribution in [0.5, 0.6) is 0 Å². The third kappa shape index (κ3) is 3.45. The number of carbonyl (C=O) groups excluding carboxylic acids is 2. The molecule has 2 saturated heterocycles. The van der Waals surface area contributed by atoms with Gasteiger partial charge in [-0.15, -0.1) is 0 Å². The van der Waals surface area contributed by atoms with Gasteiger partial charge in [0.05, 0.1) is 6.67 Å². The molecular weight excluding hydrogens is 356 g/mol. The van der Waals surface area contributed by atoms with Crippen LogP contribution in [0.15, 0.2) is 6.07 Å². The summed E-state index contributed by atoms with van der Waals surface area (Å²) >= 11 is 0. The number of aryl methyl sites for hydroxylation is 1. The van der Waals surface area contributed by atoms with Gasteiger partial charge in [-0.3, -0.25) is 9.69 Å². The van der Waals surface area contributed by atoms with Crippen molar-refractivity contribution in [2.24, 2.45) is 5.92 Å². The van der Waals surface area contributed by atoms with Gasteiger partial charge in [-0.25, -0.2) is 19.7 Å². The first-order valence-corrected chi connectivity index (χ1v) is 10.2. The molecule has 1 saturated carbocycles. The molecular formula is C20H30N6O2. The minimum Gasteiger partial charge on any atom is -0.354 e. The van der Waals surface area contributed by atoms with Gasteiger partial charge < -0.3 is 10.2 Å². The molecule has 0 bridgehead atoms. The van der Waals surface area contributed by atoms with Gasteiger partial charge in [-0.1, -0.05) is 13.8 Å². The van der Waals surface area contributed by atoms with Gasteiger partial charge in [0.25, 0.3) is 5.91 Å². The molecule has 1 aromatic heterocycles. The van der Waals surface area contributed by atoms with E-state index in [1.54, 1.807) is 0 Å². The number of aromatic nitrogens is 2. The standard InChI is InChI=1S/C20H30N6O2/c1-13(2)17-21-14(3)11-16(22-17)25-9-7-24(8-10-25)12-26-18(27)20(4,15-5-6-15)23-19(26)28/h11,13,15H,5-10,12H2,1-4H3,(H,23,28)/t20-/m0/s1. The highest BCUT2D eigenvalue weighted by Gasteiger charge is 2.56. The average Bonchev–Trinajstić information content (AvgIpc) is 3.48. The van der Waals surface area contributed by atoms with Crippen molar-refractivity contribution in [3.05, 3.63) is 17.6 Å². The molecule has 3 aliphatic rings. The van der Waals surface area contributed by atoms with E-state index in [9.17, 15) is 9.59 Å². The molecule has 2 aliphatic heterocycles. The molecule has 1 atom stereocenters. The van der Waals surface area contributed by atoms with Crippen LogP contribution in [-0.4, -0.2) is 70.1 Å². The van der Waals surface area contributed by atoms with Crippen molar-refractivity contribution < 1.29 is 9.59 Å². The predicted molar refractivity (Wildman–Crippen MR) is 106 cm³/mol. The number of urea groups is 1. The Balaban J connectivity index is 1.37. The minimum absolute atomic E-state index is 0.0737. The zero-order valence-electron chi connectivity index (χ0n) is 17.2. The molecule has 0 unspecified atom stereocenters. The molecule has 0 radical (unpaired) electrons. The van der Waals surface area contributed by atoms with Crippen molar-refractivity contribution in [3.8, 4) is 0 Å². The Morgan fingerprint density at radius 3 is 2.46 bits per heavy atom. The van der Waals surface area contributed by atoms with Crippen LogP contribution in [0.4, 0.5) is 10.6 Å². The number of carbonyl (C=O) groups is 2. The van der Waals surface area contributed by atoms with Gasteiger partial charge in [0.2, 0.25) is 0 Å². The average molecular weight is 387 g/mol. The van der Waals surface area contributed by atoms with Crippen LogP contribution in [-0.2, 0) is 4.79 Å². The normalized spacial score (nSPS) is 26.3. The summed E-state index contributed by atoms with van der Waals surface area (Å²) in [5.74, 6) is 2.35. The second-order valence-corrected chi connectivity index (χ2v) is 8.77. The predicted octanol–water partition coefficient (Wildman–Crippen LogP) is 1.71. The maximum absolute atomic E-state index is 12.8. The molecule has 8 heteroatoms. The fraction of sp³-hybridized carbons (Fsp3) is 0.700. The van der Waals surface area contributed by atoms with Crippen molar-refractivity contribution in [1.29, 1.82) is 0 Å². The van der Waals surface area contributed by atoms with Gasteiger partial charge in [-0.05, 0) is 32.6 Å². The Bertz CT molecular complexity index is 785. The van der Waals surface area contributed by atoms with Crippen LogP contribution in [0, 0.1) is 12.8 Å². The summed E-state index contributed by atoms with van der Waals surface area (Å²) in [6.45, 7) is 11.6. The third-order valence-corrected chi connectivity index (χ3v) is 6.11. The van der Waals surface area contributed by atoms with E-state index in [1.165, 1.54) is 4.90 Å². The van der Waals surface area contributed by atoms with Crippen LogP contribution in [0.3, 0.4) is 0 Å². The number of anilines is 1. The summed E-state index contributed by atoms with van der Waals surface area (Å²) in [5, 5.41) is 2.92. The fourth-order valence-electron chi connectivity index (χ4n) is 4.09. The zero-order valence-corrected chi connectivity index (χ0v) is 17.2. The van der Waals surface area contributed by atoms with E-state index >= 15 is 0 Å². The topological polar surface area (TPSA) is 81.7 Å². The lowest BCUT2D eigenvalue weighted by Crippen LogP contribution is -2.52. The first kappa shape index (κ1) is 19.1. The van der Waals surface area contributed by atoms with E-state index in [1.807, 2.05) is 19.9 Å². The lowest BCUT2D eigenvalue weighted by molar-refractivity contribution is -0.133. The van der Waals surface area contributed by atoms with Crippen molar-refractivity contribution in [1.82, 2.24) is 25.1 Å². The second kappa shape index (κ2) is 6.99. The zero-order chi connectivity index (χ0) is 20.1. The first-order chi connectivity index (χ1) is 13.3. The molecule has 4 rings (SSSR count). The Kier molecular flexibility index (Phi) is 4.77. The van der Waals surface area contributed by atoms with E-state index < -0.39 is 5.54 Å². The van der Waals surface area contributed by atoms with Gasteiger partial charge >= 0.3 is 6.03 Å². The Labute approximate surface area is 166 Å². The van der Waals surface area contributed by atoms with E-state index in [4.69, 9.17) is 4.98 Å². The lowest BCUT2D eigenvalue weighted by Gasteiger charge is -2.36. The highest BCUT2D eigenvalue weighted by Crippen LogP contribution is 2.42. The van der Waals surface area contributed by atoms with Crippen molar-refractivity contribution in [2.45, 2.75) is 52.0 Å². The van der Waals surface area contributed by atoms with Crippen molar-refractivity contribution >= 4 is 17.8 Å². The third-order valence-electron chi connectivity index (χ3n) is 6.11. The monoisotopic (exact) mass is 386 g/mol. The van der Waals surface area contributed by atoms with Crippen molar-refractivity contribution in [3.63, 3.8) is 0 Å². The minimum atomic E-state index is -0.704. The quantitative estimate of drug-likeness (QED) is 0.776. The summed E-state index contributed by atoms with van der Waals surface area (Å²) < 4.78 is 0. The molecule has 1 aliphatic carbocycles. The molecule has 152 valence electrons. The number of rotatable bonds is 5. The number of nitrogens with zero attached hydrogens (tertiary/aromatic N) is 5. The molecule has 28 heavy (non-hydrogen) atoms. The Hall–Kier alpha value is -2.22. The number of piperazine rings is 1. The number of hydrogen-bond acceptors (Lipinski definition) is 6. The van der Waals surface area contributed by atoms with Gasteiger partial charge in [0.1, 0.15) is 17.2 Å².